The van der Waals surface area contributed by atoms with E-state index in [0.29, 0.717) is 22.7 Å². The molecule has 1 unspecified atom stereocenters. The van der Waals surface area contributed by atoms with Crippen molar-refractivity contribution < 1.29 is 19.5 Å². The molecule has 102 valence electrons. The van der Waals surface area contributed by atoms with Gasteiger partial charge in [-0.15, -0.1) is 11.3 Å². The lowest BCUT2D eigenvalue weighted by atomic mass is 10.0. The lowest BCUT2D eigenvalue weighted by Gasteiger charge is -2.32. The predicted molar refractivity (Wildman–Crippen MR) is 70.6 cm³/mol. The number of carboxylic acid groups (broad SMARTS) is 1. The van der Waals surface area contributed by atoms with Crippen molar-refractivity contribution in [2.75, 3.05) is 6.54 Å². The van der Waals surface area contributed by atoms with E-state index in [1.807, 2.05) is 0 Å². The maximum Gasteiger partial charge on any atom is 0.326 e. The largest absolute Gasteiger partial charge is 0.480 e. The molecule has 1 aliphatic rings. The van der Waals surface area contributed by atoms with Crippen LogP contribution in [0.2, 0.25) is 0 Å². The number of Topliss-reactive ketones (excluding diaryl/α,β-unsaturated/α-hetero) is 1. The lowest BCUT2D eigenvalue weighted by Crippen LogP contribution is -2.47. The topological polar surface area (TPSA) is 74.7 Å². The van der Waals surface area contributed by atoms with E-state index in [0.717, 1.165) is 24.2 Å². The molecule has 1 amide bonds. The highest BCUT2D eigenvalue weighted by Gasteiger charge is 2.33. The molecule has 1 N–H and O–H groups in total. The Hall–Kier alpha value is -1.69. The molecule has 1 aromatic rings. The Balaban J connectivity index is 2.21. The zero-order valence-electron chi connectivity index (χ0n) is 10.6. The fourth-order valence-corrected chi connectivity index (χ4v) is 3.07. The summed E-state index contributed by atoms with van der Waals surface area (Å²) in [5.41, 5.74) is 0. The minimum atomic E-state index is -0.962. The van der Waals surface area contributed by atoms with Crippen molar-refractivity contribution in [2.24, 2.45) is 0 Å². The molecule has 1 atom stereocenters. The summed E-state index contributed by atoms with van der Waals surface area (Å²) in [5, 5.41) is 9.15. The number of piperidine rings is 1. The molecule has 1 saturated heterocycles. The van der Waals surface area contributed by atoms with Crippen molar-refractivity contribution in [3.63, 3.8) is 0 Å². The van der Waals surface area contributed by atoms with Crippen LogP contribution in [-0.2, 0) is 4.79 Å². The van der Waals surface area contributed by atoms with Crippen molar-refractivity contribution in [1.82, 2.24) is 4.90 Å². The molecular formula is C13H15NO4S. The molecule has 0 radical (unpaired) electrons. The number of rotatable bonds is 3. The third-order valence-corrected chi connectivity index (χ3v) is 4.39. The molecule has 1 fully saturated rings. The Morgan fingerprint density at radius 2 is 1.95 bits per heavy atom. The monoisotopic (exact) mass is 281 g/mol. The number of carbonyl (C=O) groups excluding carboxylic acids is 2. The minimum Gasteiger partial charge on any atom is -0.480 e. The third kappa shape index (κ3) is 2.84. The van der Waals surface area contributed by atoms with Gasteiger partial charge in [-0.2, -0.15) is 0 Å². The number of thiophene rings is 1. The first-order valence-corrected chi connectivity index (χ1v) is 6.97. The van der Waals surface area contributed by atoms with E-state index in [9.17, 15) is 14.4 Å². The second-order valence-electron chi connectivity index (χ2n) is 4.57. The molecule has 6 heteroatoms. The number of aliphatic carboxylic acids is 1. The van der Waals surface area contributed by atoms with Crippen LogP contribution in [0.15, 0.2) is 12.1 Å². The molecule has 0 spiro atoms. The van der Waals surface area contributed by atoms with Crippen LogP contribution in [0, 0.1) is 0 Å². The van der Waals surface area contributed by atoms with Crippen LogP contribution in [0.25, 0.3) is 0 Å². The normalized spacial score (nSPS) is 19.2. The van der Waals surface area contributed by atoms with Crippen molar-refractivity contribution in [1.29, 1.82) is 0 Å². The molecule has 0 saturated carbocycles. The van der Waals surface area contributed by atoms with Gasteiger partial charge in [0.2, 0.25) is 0 Å². The summed E-state index contributed by atoms with van der Waals surface area (Å²) < 4.78 is 0. The summed E-state index contributed by atoms with van der Waals surface area (Å²) in [7, 11) is 0. The van der Waals surface area contributed by atoms with Crippen molar-refractivity contribution in [3.8, 4) is 0 Å². The quantitative estimate of drug-likeness (QED) is 0.860. The highest BCUT2D eigenvalue weighted by atomic mass is 32.1. The maximum atomic E-state index is 12.3. The van der Waals surface area contributed by atoms with Crippen molar-refractivity contribution in [3.05, 3.63) is 21.9 Å². The molecule has 0 aliphatic carbocycles. The highest BCUT2D eigenvalue weighted by Crippen LogP contribution is 2.24. The smallest absolute Gasteiger partial charge is 0.326 e. The van der Waals surface area contributed by atoms with Gasteiger partial charge in [0.1, 0.15) is 6.04 Å². The Morgan fingerprint density at radius 1 is 1.26 bits per heavy atom. The molecule has 1 aliphatic heterocycles. The highest BCUT2D eigenvalue weighted by molar-refractivity contribution is 7.15. The average Bonchev–Trinajstić information content (AvgIpc) is 2.87. The number of ketones is 1. The minimum absolute atomic E-state index is 0.0857. The summed E-state index contributed by atoms with van der Waals surface area (Å²) in [6.45, 7) is 1.91. The Labute approximate surface area is 114 Å². The fraction of sp³-hybridized carbons (Fsp3) is 0.462. The second kappa shape index (κ2) is 5.52. The van der Waals surface area contributed by atoms with Crippen LogP contribution in [-0.4, -0.2) is 40.3 Å². The van der Waals surface area contributed by atoms with Gasteiger partial charge in [-0.3, -0.25) is 9.59 Å². The molecule has 0 bridgehead atoms. The van der Waals surface area contributed by atoms with E-state index in [4.69, 9.17) is 5.11 Å². The Kier molecular flexibility index (Phi) is 3.99. The summed E-state index contributed by atoms with van der Waals surface area (Å²) in [6, 6.07) is 2.46. The van der Waals surface area contributed by atoms with E-state index in [1.54, 1.807) is 12.1 Å². The van der Waals surface area contributed by atoms with E-state index in [2.05, 4.69) is 0 Å². The number of nitrogens with zero attached hydrogens (tertiary/aromatic N) is 1. The van der Waals surface area contributed by atoms with E-state index < -0.39 is 12.0 Å². The molecule has 2 rings (SSSR count). The predicted octanol–water partition coefficient (Wildman–Crippen LogP) is 2.03. The Morgan fingerprint density at radius 3 is 2.53 bits per heavy atom. The van der Waals surface area contributed by atoms with Crippen LogP contribution in [0.5, 0.6) is 0 Å². The summed E-state index contributed by atoms with van der Waals surface area (Å²) in [5.74, 6) is -1.33. The number of carboxylic acids is 1. The van der Waals surface area contributed by atoms with Gasteiger partial charge in [0.15, 0.2) is 5.78 Å². The standard InChI is InChI=1S/C13H15NO4S/c1-8(15)10-5-6-11(19-10)12(16)14-7-3-2-4-9(14)13(17)18/h5-6,9H,2-4,7H2,1H3,(H,17,18). The van der Waals surface area contributed by atoms with Crippen LogP contribution in [0.4, 0.5) is 0 Å². The zero-order valence-corrected chi connectivity index (χ0v) is 11.4. The van der Waals surface area contributed by atoms with Gasteiger partial charge < -0.3 is 10.0 Å². The van der Waals surface area contributed by atoms with Crippen molar-refractivity contribution in [2.45, 2.75) is 32.2 Å². The molecule has 19 heavy (non-hydrogen) atoms. The molecule has 1 aromatic heterocycles. The molecule has 5 nitrogen and oxygen atoms in total. The van der Waals surface area contributed by atoms with Crippen LogP contribution in [0.1, 0.15) is 45.5 Å². The average molecular weight is 281 g/mol. The lowest BCUT2D eigenvalue weighted by molar-refractivity contribution is -0.143. The van der Waals surface area contributed by atoms with Gasteiger partial charge in [0.05, 0.1) is 9.75 Å². The number of carbonyl (C=O) groups is 3. The van der Waals surface area contributed by atoms with Gasteiger partial charge in [-0.1, -0.05) is 0 Å². The number of hydrogen-bond acceptors (Lipinski definition) is 4. The van der Waals surface area contributed by atoms with Gasteiger partial charge in [0.25, 0.3) is 5.91 Å². The fourth-order valence-electron chi connectivity index (χ4n) is 2.21. The second-order valence-corrected chi connectivity index (χ2v) is 5.65. The van der Waals surface area contributed by atoms with E-state index >= 15 is 0 Å². The van der Waals surface area contributed by atoms with Crippen LogP contribution < -0.4 is 0 Å². The van der Waals surface area contributed by atoms with E-state index in [1.165, 1.54) is 11.8 Å². The molecular weight excluding hydrogens is 266 g/mol. The van der Waals surface area contributed by atoms with Gasteiger partial charge in [-0.25, -0.2) is 4.79 Å². The van der Waals surface area contributed by atoms with Gasteiger partial charge >= 0.3 is 5.97 Å². The zero-order chi connectivity index (χ0) is 14.0. The SMILES string of the molecule is CC(=O)c1ccc(C(=O)N2CCCCC2C(=O)O)s1. The Bertz CT molecular complexity index is 522. The number of amides is 1. The molecule has 2 heterocycles. The first-order valence-electron chi connectivity index (χ1n) is 6.15. The first kappa shape index (κ1) is 13.7. The number of hydrogen-bond donors (Lipinski definition) is 1. The van der Waals surface area contributed by atoms with Gasteiger partial charge in [-0.05, 0) is 38.3 Å². The summed E-state index contributed by atoms with van der Waals surface area (Å²) in [6.07, 6.45) is 2.14. The first-order chi connectivity index (χ1) is 9.00. The third-order valence-electron chi connectivity index (χ3n) is 3.21. The van der Waals surface area contributed by atoms with Crippen molar-refractivity contribution >= 4 is 29.0 Å². The van der Waals surface area contributed by atoms with E-state index in [-0.39, 0.29) is 11.7 Å². The summed E-state index contributed by atoms with van der Waals surface area (Å²) in [4.78, 5) is 37.1. The number of likely N-dealkylation sites (tertiary alicyclic amines) is 1. The molecule has 0 aromatic carbocycles. The summed E-state index contributed by atoms with van der Waals surface area (Å²) >= 11 is 1.12. The van der Waals surface area contributed by atoms with Crippen LogP contribution in [0.3, 0.4) is 0 Å². The maximum absolute atomic E-state index is 12.3. The van der Waals surface area contributed by atoms with Gasteiger partial charge in [0, 0.05) is 6.54 Å². The van der Waals surface area contributed by atoms with Crippen LogP contribution >= 0.6 is 11.3 Å².